The number of hydrogen-bond donors (Lipinski definition) is 1. The first-order chi connectivity index (χ1) is 9.90. The molecule has 1 N–H and O–H groups in total. The van der Waals surface area contributed by atoms with Gasteiger partial charge >= 0.3 is 0 Å². The summed E-state index contributed by atoms with van der Waals surface area (Å²) in [5.74, 6) is 0.308. The molecular formula is C13H18N4O3S. The molecule has 7 nitrogen and oxygen atoms in total. The molecule has 114 valence electrons. The van der Waals surface area contributed by atoms with Crippen molar-refractivity contribution in [1.29, 1.82) is 0 Å². The molecule has 8 heteroatoms. The SMILES string of the molecule is Cc1noc(C)c1S(=O)(=O)NC1CCCc2c1cnn2C. The van der Waals surface area contributed by atoms with Crippen LogP contribution in [0.25, 0.3) is 0 Å². The smallest absolute Gasteiger partial charge is 0.246 e. The van der Waals surface area contributed by atoms with E-state index in [9.17, 15) is 8.42 Å². The van der Waals surface area contributed by atoms with Gasteiger partial charge in [0.25, 0.3) is 0 Å². The van der Waals surface area contributed by atoms with E-state index < -0.39 is 10.0 Å². The van der Waals surface area contributed by atoms with Crippen molar-refractivity contribution in [3.63, 3.8) is 0 Å². The number of nitrogens with one attached hydrogen (secondary N) is 1. The third-order valence-corrected chi connectivity index (χ3v) is 5.62. The van der Waals surface area contributed by atoms with E-state index in [2.05, 4.69) is 15.0 Å². The largest absolute Gasteiger partial charge is 0.360 e. The van der Waals surface area contributed by atoms with Crippen molar-refractivity contribution in [2.24, 2.45) is 7.05 Å². The minimum absolute atomic E-state index is 0.138. The van der Waals surface area contributed by atoms with Gasteiger partial charge in [-0.2, -0.15) is 5.10 Å². The molecule has 1 unspecified atom stereocenters. The lowest BCUT2D eigenvalue weighted by molar-refractivity contribution is 0.390. The zero-order valence-electron chi connectivity index (χ0n) is 12.3. The number of rotatable bonds is 3. The van der Waals surface area contributed by atoms with Crippen LogP contribution in [0.2, 0.25) is 0 Å². The third-order valence-electron chi connectivity index (χ3n) is 3.91. The van der Waals surface area contributed by atoms with Crippen LogP contribution in [0.1, 0.15) is 41.6 Å². The van der Waals surface area contributed by atoms with Crippen LogP contribution < -0.4 is 4.72 Å². The van der Waals surface area contributed by atoms with Crippen LogP contribution in [0.5, 0.6) is 0 Å². The molecule has 1 atom stereocenters. The minimum atomic E-state index is -3.65. The van der Waals surface area contributed by atoms with Crippen LogP contribution in [0.15, 0.2) is 15.6 Å². The summed E-state index contributed by atoms with van der Waals surface area (Å²) in [6, 6.07) is -0.249. The lowest BCUT2D eigenvalue weighted by atomic mass is 9.94. The van der Waals surface area contributed by atoms with Crippen molar-refractivity contribution < 1.29 is 12.9 Å². The molecule has 3 rings (SSSR count). The molecule has 1 aliphatic carbocycles. The van der Waals surface area contributed by atoms with E-state index in [-0.39, 0.29) is 10.9 Å². The number of sulfonamides is 1. The highest BCUT2D eigenvalue weighted by atomic mass is 32.2. The quantitative estimate of drug-likeness (QED) is 0.925. The summed E-state index contributed by atoms with van der Waals surface area (Å²) in [6.07, 6.45) is 4.37. The topological polar surface area (TPSA) is 90.0 Å². The summed E-state index contributed by atoms with van der Waals surface area (Å²) < 4.78 is 34.7. The van der Waals surface area contributed by atoms with Crippen LogP contribution in [-0.4, -0.2) is 23.4 Å². The standard InChI is InChI=1S/C13H18N4O3S/c1-8-13(9(2)20-15-8)21(18,19)16-11-5-4-6-12-10(11)7-14-17(12)3/h7,11,16H,4-6H2,1-3H3. The molecule has 21 heavy (non-hydrogen) atoms. The number of aryl methyl sites for hydroxylation is 3. The average molecular weight is 310 g/mol. The molecule has 0 amide bonds. The molecule has 0 aromatic carbocycles. The fraction of sp³-hybridized carbons (Fsp3) is 0.538. The minimum Gasteiger partial charge on any atom is -0.360 e. The zero-order valence-corrected chi connectivity index (χ0v) is 13.1. The van der Waals surface area contributed by atoms with E-state index in [1.54, 1.807) is 20.0 Å². The van der Waals surface area contributed by atoms with Gasteiger partial charge in [-0.3, -0.25) is 4.68 Å². The van der Waals surface area contributed by atoms with Gasteiger partial charge < -0.3 is 4.52 Å². The number of nitrogens with zero attached hydrogens (tertiary/aromatic N) is 3. The van der Waals surface area contributed by atoms with Gasteiger partial charge in [-0.05, 0) is 33.1 Å². The number of aromatic nitrogens is 3. The Bertz CT molecular complexity index is 756. The molecule has 2 heterocycles. The van der Waals surface area contributed by atoms with Crippen molar-refractivity contribution >= 4 is 10.0 Å². The van der Waals surface area contributed by atoms with Crippen molar-refractivity contribution in [3.05, 3.63) is 28.9 Å². The summed E-state index contributed by atoms with van der Waals surface area (Å²) in [6.45, 7) is 3.23. The second-order valence-electron chi connectivity index (χ2n) is 5.39. The average Bonchev–Trinajstić information content (AvgIpc) is 2.94. The van der Waals surface area contributed by atoms with Gasteiger partial charge in [0.1, 0.15) is 10.6 Å². The van der Waals surface area contributed by atoms with Gasteiger partial charge in [-0.1, -0.05) is 5.16 Å². The van der Waals surface area contributed by atoms with Gasteiger partial charge in [0.2, 0.25) is 10.0 Å². The second kappa shape index (κ2) is 4.96. The molecule has 0 spiro atoms. The van der Waals surface area contributed by atoms with Gasteiger partial charge in [0, 0.05) is 18.3 Å². The molecule has 0 bridgehead atoms. The summed E-state index contributed by atoms with van der Waals surface area (Å²) in [4.78, 5) is 0.138. The molecule has 0 saturated carbocycles. The Kier molecular flexibility index (Phi) is 3.37. The summed E-state index contributed by atoms with van der Waals surface area (Å²) in [7, 11) is -1.78. The molecule has 2 aromatic heterocycles. The summed E-state index contributed by atoms with van der Waals surface area (Å²) in [5.41, 5.74) is 2.43. The Labute approximate surface area is 123 Å². The van der Waals surface area contributed by atoms with E-state index >= 15 is 0 Å². The highest BCUT2D eigenvalue weighted by Crippen LogP contribution is 2.31. The highest BCUT2D eigenvalue weighted by Gasteiger charge is 2.31. The van der Waals surface area contributed by atoms with Crippen LogP contribution in [-0.2, 0) is 23.5 Å². The Morgan fingerprint density at radius 1 is 1.43 bits per heavy atom. The molecule has 1 aliphatic rings. The normalized spacial score (nSPS) is 18.7. The summed E-state index contributed by atoms with van der Waals surface area (Å²) >= 11 is 0. The van der Waals surface area contributed by atoms with E-state index in [0.29, 0.717) is 11.5 Å². The van der Waals surface area contributed by atoms with Gasteiger partial charge in [0.05, 0.1) is 12.2 Å². The maximum absolute atomic E-state index is 12.6. The Hall–Kier alpha value is -1.67. The Morgan fingerprint density at radius 2 is 2.19 bits per heavy atom. The van der Waals surface area contributed by atoms with Crippen LogP contribution in [0.3, 0.4) is 0 Å². The maximum Gasteiger partial charge on any atom is 0.246 e. The van der Waals surface area contributed by atoms with Gasteiger partial charge in [-0.15, -0.1) is 0 Å². The monoisotopic (exact) mass is 310 g/mol. The van der Waals surface area contributed by atoms with Crippen LogP contribution in [0, 0.1) is 13.8 Å². The van der Waals surface area contributed by atoms with E-state index in [4.69, 9.17) is 4.52 Å². The van der Waals surface area contributed by atoms with Crippen molar-refractivity contribution in [2.45, 2.75) is 44.0 Å². The molecular weight excluding hydrogens is 292 g/mol. The fourth-order valence-electron chi connectivity index (χ4n) is 2.93. The number of fused-ring (bicyclic) bond motifs is 1. The van der Waals surface area contributed by atoms with Crippen molar-refractivity contribution in [3.8, 4) is 0 Å². The maximum atomic E-state index is 12.6. The first-order valence-electron chi connectivity index (χ1n) is 6.86. The van der Waals surface area contributed by atoms with E-state index in [1.807, 2.05) is 11.7 Å². The van der Waals surface area contributed by atoms with Gasteiger partial charge in [-0.25, -0.2) is 13.1 Å². The molecule has 0 saturated heterocycles. The first kappa shape index (κ1) is 14.3. The predicted octanol–water partition coefficient (Wildman–Crippen LogP) is 1.38. The molecule has 0 fully saturated rings. The Balaban J connectivity index is 1.94. The van der Waals surface area contributed by atoms with Crippen LogP contribution in [0.4, 0.5) is 0 Å². The fourth-order valence-corrected chi connectivity index (χ4v) is 4.51. The second-order valence-corrected chi connectivity index (χ2v) is 7.04. The Morgan fingerprint density at radius 3 is 2.86 bits per heavy atom. The third kappa shape index (κ3) is 2.38. The van der Waals surface area contributed by atoms with Crippen LogP contribution >= 0.6 is 0 Å². The zero-order chi connectivity index (χ0) is 15.2. The van der Waals surface area contributed by atoms with E-state index in [1.165, 1.54) is 0 Å². The molecule has 0 radical (unpaired) electrons. The van der Waals surface area contributed by atoms with E-state index in [0.717, 1.165) is 30.5 Å². The first-order valence-corrected chi connectivity index (χ1v) is 8.34. The lowest BCUT2D eigenvalue weighted by Crippen LogP contribution is -2.31. The highest BCUT2D eigenvalue weighted by molar-refractivity contribution is 7.89. The predicted molar refractivity (Wildman–Crippen MR) is 75.2 cm³/mol. The van der Waals surface area contributed by atoms with Crippen molar-refractivity contribution in [2.75, 3.05) is 0 Å². The van der Waals surface area contributed by atoms with Crippen molar-refractivity contribution in [1.82, 2.24) is 19.7 Å². The lowest BCUT2D eigenvalue weighted by Gasteiger charge is -2.23. The van der Waals surface area contributed by atoms with Gasteiger partial charge in [0.15, 0.2) is 5.76 Å². The molecule has 2 aromatic rings. The summed E-state index contributed by atoms with van der Waals surface area (Å²) in [5, 5.41) is 7.94. The molecule has 0 aliphatic heterocycles. The number of hydrogen-bond acceptors (Lipinski definition) is 5.